The van der Waals surface area contributed by atoms with E-state index in [2.05, 4.69) is 22.3 Å². The molecule has 4 nitrogen and oxygen atoms in total. The molecule has 1 rings (SSSR count). The first-order valence-electron chi connectivity index (χ1n) is 6.20. The molecule has 0 aliphatic carbocycles. The molecule has 9 heteroatoms. The van der Waals surface area contributed by atoms with Crippen LogP contribution in [-0.2, 0) is 12.7 Å². The van der Waals surface area contributed by atoms with E-state index in [1.54, 1.807) is 6.08 Å². The van der Waals surface area contributed by atoms with Crippen molar-refractivity contribution in [1.29, 1.82) is 0 Å². The van der Waals surface area contributed by atoms with E-state index in [0.29, 0.717) is 36.9 Å². The zero-order valence-corrected chi connectivity index (χ0v) is 13.0. The quantitative estimate of drug-likeness (QED) is 0.475. The molecule has 118 valence electrons. The van der Waals surface area contributed by atoms with Gasteiger partial charge < -0.3 is 10.6 Å². The molecule has 0 bridgehead atoms. The third kappa shape index (κ3) is 5.20. The van der Waals surface area contributed by atoms with Crippen LogP contribution in [0.2, 0.25) is 5.02 Å². The molecular formula is C12H16ClF3N4S. The molecule has 0 unspecified atom stereocenters. The van der Waals surface area contributed by atoms with Crippen LogP contribution < -0.4 is 10.6 Å². The number of alkyl halides is 3. The van der Waals surface area contributed by atoms with Gasteiger partial charge in [-0.05, 0) is 25.6 Å². The van der Waals surface area contributed by atoms with E-state index in [0.717, 1.165) is 0 Å². The second kappa shape index (κ2) is 7.65. The first-order chi connectivity index (χ1) is 9.77. The number of aryl methyl sites for hydroxylation is 1. The van der Waals surface area contributed by atoms with E-state index >= 15 is 0 Å². The third-order valence-corrected chi connectivity index (χ3v) is 3.38. The Labute approximate surface area is 131 Å². The molecule has 0 saturated heterocycles. The highest BCUT2D eigenvalue weighted by Crippen LogP contribution is 2.35. The predicted molar refractivity (Wildman–Crippen MR) is 80.4 cm³/mol. The van der Waals surface area contributed by atoms with Gasteiger partial charge in [0.05, 0.1) is 10.7 Å². The van der Waals surface area contributed by atoms with Gasteiger partial charge in [0.25, 0.3) is 0 Å². The first-order valence-corrected chi connectivity index (χ1v) is 6.98. The van der Waals surface area contributed by atoms with Gasteiger partial charge in [-0.25, -0.2) is 0 Å². The van der Waals surface area contributed by atoms with Crippen LogP contribution in [0.3, 0.4) is 0 Å². The number of nitrogens with zero attached hydrogens (tertiary/aromatic N) is 2. The first kappa shape index (κ1) is 17.8. The Hall–Kier alpha value is -1.28. The van der Waals surface area contributed by atoms with Crippen molar-refractivity contribution in [2.45, 2.75) is 26.1 Å². The lowest BCUT2D eigenvalue weighted by atomic mass is 10.3. The molecule has 0 saturated carbocycles. The summed E-state index contributed by atoms with van der Waals surface area (Å²) in [7, 11) is 0. The second-order valence-corrected chi connectivity index (χ2v) is 5.03. The van der Waals surface area contributed by atoms with Crippen LogP contribution in [0, 0.1) is 6.92 Å². The van der Waals surface area contributed by atoms with E-state index in [-0.39, 0.29) is 5.02 Å². The van der Waals surface area contributed by atoms with Crippen molar-refractivity contribution in [3.05, 3.63) is 29.1 Å². The van der Waals surface area contributed by atoms with Gasteiger partial charge in [-0.2, -0.15) is 18.3 Å². The standard InChI is InChI=1S/C12H16ClF3N4S/c1-3-5-17-11(21)18-6-4-7-20-8(2)9(13)10(19-20)12(14,15)16/h3H,1,4-7H2,2H3,(H2,17,18,21). The monoisotopic (exact) mass is 340 g/mol. The zero-order valence-electron chi connectivity index (χ0n) is 11.4. The van der Waals surface area contributed by atoms with Crippen LogP contribution in [0.1, 0.15) is 17.8 Å². The van der Waals surface area contributed by atoms with E-state index in [1.807, 2.05) is 0 Å². The number of hydrogen-bond donors (Lipinski definition) is 2. The summed E-state index contributed by atoms with van der Waals surface area (Å²) in [5, 5.41) is 9.46. The van der Waals surface area contributed by atoms with Crippen molar-refractivity contribution < 1.29 is 13.2 Å². The van der Waals surface area contributed by atoms with Gasteiger partial charge in [0.2, 0.25) is 0 Å². The second-order valence-electron chi connectivity index (χ2n) is 4.25. The molecule has 0 spiro atoms. The van der Waals surface area contributed by atoms with E-state index in [4.69, 9.17) is 23.8 Å². The summed E-state index contributed by atoms with van der Waals surface area (Å²) in [6, 6.07) is 0. The summed E-state index contributed by atoms with van der Waals surface area (Å²) < 4.78 is 39.2. The fraction of sp³-hybridized carbons (Fsp3) is 0.500. The molecule has 1 heterocycles. The minimum atomic E-state index is -4.54. The molecule has 0 fully saturated rings. The highest BCUT2D eigenvalue weighted by Gasteiger charge is 2.38. The van der Waals surface area contributed by atoms with E-state index < -0.39 is 11.9 Å². The van der Waals surface area contributed by atoms with Crippen LogP contribution in [0.15, 0.2) is 12.7 Å². The molecule has 2 N–H and O–H groups in total. The topological polar surface area (TPSA) is 41.9 Å². The summed E-state index contributed by atoms with van der Waals surface area (Å²) in [6.07, 6.45) is -2.31. The van der Waals surface area contributed by atoms with Crippen molar-refractivity contribution in [2.75, 3.05) is 13.1 Å². The molecule has 1 aromatic heterocycles. The summed E-state index contributed by atoms with van der Waals surface area (Å²) in [6.45, 7) is 6.43. The minimum Gasteiger partial charge on any atom is -0.363 e. The molecule has 0 atom stereocenters. The predicted octanol–water partition coefficient (Wildman–Crippen LogP) is 2.90. The van der Waals surface area contributed by atoms with Crippen molar-refractivity contribution in [3.63, 3.8) is 0 Å². The molecule has 0 radical (unpaired) electrons. The maximum Gasteiger partial charge on any atom is 0.436 e. The summed E-state index contributed by atoms with van der Waals surface area (Å²) in [5.41, 5.74) is -0.742. The Balaban J connectivity index is 2.50. The summed E-state index contributed by atoms with van der Waals surface area (Å²) in [5.74, 6) is 0. The Morgan fingerprint density at radius 1 is 1.48 bits per heavy atom. The number of aromatic nitrogens is 2. The third-order valence-electron chi connectivity index (χ3n) is 2.64. The van der Waals surface area contributed by atoms with Gasteiger partial charge in [-0.3, -0.25) is 4.68 Å². The van der Waals surface area contributed by atoms with E-state index in [1.165, 1.54) is 11.6 Å². The average Bonchev–Trinajstić information content (AvgIpc) is 2.69. The molecule has 1 aromatic rings. The molecule has 0 amide bonds. The lowest BCUT2D eigenvalue weighted by Gasteiger charge is -2.09. The molecule has 0 aliphatic rings. The fourth-order valence-corrected chi connectivity index (χ4v) is 2.01. The van der Waals surface area contributed by atoms with Gasteiger partial charge in [0.1, 0.15) is 0 Å². The van der Waals surface area contributed by atoms with Crippen LogP contribution in [-0.4, -0.2) is 28.0 Å². The lowest BCUT2D eigenvalue weighted by molar-refractivity contribution is -0.141. The normalized spacial score (nSPS) is 11.3. The largest absolute Gasteiger partial charge is 0.436 e. The fourth-order valence-electron chi connectivity index (χ4n) is 1.58. The number of halogens is 4. The van der Waals surface area contributed by atoms with Gasteiger partial charge >= 0.3 is 6.18 Å². The van der Waals surface area contributed by atoms with Gasteiger partial charge in [0, 0.05) is 19.6 Å². The summed E-state index contributed by atoms with van der Waals surface area (Å²) in [4.78, 5) is 0. The maximum atomic E-state index is 12.6. The lowest BCUT2D eigenvalue weighted by Crippen LogP contribution is -2.36. The SMILES string of the molecule is C=CCNC(=S)NCCCn1nc(C(F)(F)F)c(Cl)c1C. The van der Waals surface area contributed by atoms with Crippen LogP contribution in [0.25, 0.3) is 0 Å². The number of hydrogen-bond acceptors (Lipinski definition) is 2. The Morgan fingerprint density at radius 3 is 2.67 bits per heavy atom. The van der Waals surface area contributed by atoms with Crippen molar-refractivity contribution in [3.8, 4) is 0 Å². The smallest absolute Gasteiger partial charge is 0.363 e. The van der Waals surface area contributed by atoms with Crippen LogP contribution >= 0.6 is 23.8 Å². The van der Waals surface area contributed by atoms with Gasteiger partial charge in [-0.15, -0.1) is 6.58 Å². The number of nitrogens with one attached hydrogen (secondary N) is 2. The number of thiocarbonyl (C=S) groups is 1. The number of rotatable bonds is 6. The zero-order chi connectivity index (χ0) is 16.0. The van der Waals surface area contributed by atoms with Crippen LogP contribution in [0.5, 0.6) is 0 Å². The Bertz CT molecular complexity index is 513. The minimum absolute atomic E-state index is 0.302. The molecule has 21 heavy (non-hydrogen) atoms. The summed E-state index contributed by atoms with van der Waals surface area (Å²) >= 11 is 10.6. The Morgan fingerprint density at radius 2 is 2.14 bits per heavy atom. The van der Waals surface area contributed by atoms with Crippen LogP contribution in [0.4, 0.5) is 13.2 Å². The van der Waals surface area contributed by atoms with Crippen molar-refractivity contribution >= 4 is 28.9 Å². The van der Waals surface area contributed by atoms with E-state index in [9.17, 15) is 13.2 Å². The van der Waals surface area contributed by atoms with Crippen molar-refractivity contribution in [1.82, 2.24) is 20.4 Å². The van der Waals surface area contributed by atoms with Gasteiger partial charge in [0.15, 0.2) is 10.8 Å². The van der Waals surface area contributed by atoms with Gasteiger partial charge in [-0.1, -0.05) is 17.7 Å². The molecule has 0 aliphatic heterocycles. The average molecular weight is 341 g/mol. The Kier molecular flexibility index (Phi) is 6.47. The van der Waals surface area contributed by atoms with Crippen molar-refractivity contribution in [2.24, 2.45) is 0 Å². The molecular weight excluding hydrogens is 325 g/mol. The maximum absolute atomic E-state index is 12.6. The molecule has 0 aromatic carbocycles. The highest BCUT2D eigenvalue weighted by molar-refractivity contribution is 7.80. The highest BCUT2D eigenvalue weighted by atomic mass is 35.5.